The van der Waals surface area contributed by atoms with Crippen LogP contribution in [0.15, 0.2) is 18.3 Å². The first kappa shape index (κ1) is 15.2. The number of benzene rings is 1. The summed E-state index contributed by atoms with van der Waals surface area (Å²) in [6, 6.07) is 2.95. The van der Waals surface area contributed by atoms with E-state index in [1.807, 2.05) is 0 Å². The topological polar surface area (TPSA) is 42.7 Å². The van der Waals surface area contributed by atoms with Crippen molar-refractivity contribution in [2.75, 3.05) is 6.54 Å². The van der Waals surface area contributed by atoms with Gasteiger partial charge in [0.1, 0.15) is 0 Å². The Labute approximate surface area is 126 Å². The molecule has 0 saturated heterocycles. The van der Waals surface area contributed by atoms with Crippen molar-refractivity contribution in [3.63, 3.8) is 0 Å². The molecular weight excluding hydrogens is 302 g/mol. The first-order chi connectivity index (χ1) is 9.49. The van der Waals surface area contributed by atoms with E-state index in [4.69, 9.17) is 23.2 Å². The molecule has 1 aromatic heterocycles. The van der Waals surface area contributed by atoms with Crippen molar-refractivity contribution in [3.05, 3.63) is 39.9 Å². The minimum absolute atomic E-state index is 0.0379. The van der Waals surface area contributed by atoms with Gasteiger partial charge in [-0.05, 0) is 24.6 Å². The van der Waals surface area contributed by atoms with Crippen LogP contribution in [0.2, 0.25) is 10.0 Å². The van der Waals surface area contributed by atoms with E-state index in [-0.39, 0.29) is 10.0 Å². The third kappa shape index (κ3) is 3.48. The largest absolute Gasteiger partial charge is 0.311 e. The van der Waals surface area contributed by atoms with Crippen LogP contribution in [0.25, 0.3) is 5.69 Å². The molecule has 0 aliphatic carbocycles. The van der Waals surface area contributed by atoms with Gasteiger partial charge in [-0.15, -0.1) is 5.10 Å². The lowest BCUT2D eigenvalue weighted by molar-refractivity contribution is 0.542. The van der Waals surface area contributed by atoms with Gasteiger partial charge in [-0.25, -0.2) is 9.07 Å². The van der Waals surface area contributed by atoms with E-state index in [0.29, 0.717) is 18.2 Å². The van der Waals surface area contributed by atoms with Crippen LogP contribution in [0.4, 0.5) is 4.39 Å². The lowest BCUT2D eigenvalue weighted by Gasteiger charge is -2.10. The molecule has 0 aliphatic heterocycles. The molecule has 0 aliphatic rings. The summed E-state index contributed by atoms with van der Waals surface area (Å²) in [7, 11) is 0. The molecule has 2 aromatic rings. The maximum Gasteiger partial charge on any atom is 0.160 e. The van der Waals surface area contributed by atoms with Crippen LogP contribution in [0.1, 0.15) is 19.5 Å². The second kappa shape index (κ2) is 6.52. The molecule has 20 heavy (non-hydrogen) atoms. The van der Waals surface area contributed by atoms with Gasteiger partial charge < -0.3 is 5.32 Å². The van der Waals surface area contributed by atoms with Crippen LogP contribution in [-0.2, 0) is 6.54 Å². The fraction of sp³-hybridized carbons (Fsp3) is 0.385. The SMILES string of the molecule is CC(C)CNCc1cnnn1-c1cc(Cl)c(F)c(Cl)c1. The van der Waals surface area contributed by atoms with E-state index >= 15 is 0 Å². The van der Waals surface area contributed by atoms with Gasteiger partial charge in [0.2, 0.25) is 0 Å². The van der Waals surface area contributed by atoms with Crippen LogP contribution in [0.3, 0.4) is 0 Å². The summed E-state index contributed by atoms with van der Waals surface area (Å²) < 4.78 is 15.0. The molecule has 2 rings (SSSR count). The summed E-state index contributed by atoms with van der Waals surface area (Å²) in [4.78, 5) is 0. The summed E-state index contributed by atoms with van der Waals surface area (Å²) >= 11 is 11.6. The second-order valence-electron chi connectivity index (χ2n) is 4.89. The van der Waals surface area contributed by atoms with Crippen LogP contribution in [-0.4, -0.2) is 21.5 Å². The minimum atomic E-state index is -0.628. The number of hydrogen-bond acceptors (Lipinski definition) is 3. The van der Waals surface area contributed by atoms with E-state index < -0.39 is 5.82 Å². The Bertz CT molecular complexity index is 575. The first-order valence-electron chi connectivity index (χ1n) is 6.24. The third-order valence-electron chi connectivity index (χ3n) is 2.69. The van der Waals surface area contributed by atoms with Crippen molar-refractivity contribution >= 4 is 23.2 Å². The fourth-order valence-corrected chi connectivity index (χ4v) is 2.22. The molecule has 0 amide bonds. The van der Waals surface area contributed by atoms with Crippen LogP contribution in [0, 0.1) is 11.7 Å². The predicted molar refractivity (Wildman–Crippen MR) is 77.9 cm³/mol. The van der Waals surface area contributed by atoms with E-state index in [2.05, 4.69) is 29.5 Å². The average Bonchev–Trinajstić information content (AvgIpc) is 2.83. The summed E-state index contributed by atoms with van der Waals surface area (Å²) in [6.07, 6.45) is 1.65. The molecule has 108 valence electrons. The number of rotatable bonds is 5. The zero-order valence-corrected chi connectivity index (χ0v) is 12.7. The molecule has 0 saturated carbocycles. The molecule has 0 bridgehead atoms. The Morgan fingerprint density at radius 3 is 2.55 bits per heavy atom. The lowest BCUT2D eigenvalue weighted by atomic mass is 10.2. The zero-order valence-electron chi connectivity index (χ0n) is 11.2. The normalized spacial score (nSPS) is 11.3. The Morgan fingerprint density at radius 2 is 1.95 bits per heavy atom. The van der Waals surface area contributed by atoms with Gasteiger partial charge in [0.25, 0.3) is 0 Å². The number of nitrogens with one attached hydrogen (secondary N) is 1. The van der Waals surface area contributed by atoms with Gasteiger partial charge in [-0.3, -0.25) is 0 Å². The van der Waals surface area contributed by atoms with Gasteiger partial charge in [0, 0.05) is 6.54 Å². The van der Waals surface area contributed by atoms with E-state index in [1.54, 1.807) is 10.9 Å². The molecule has 0 atom stereocenters. The highest BCUT2D eigenvalue weighted by Crippen LogP contribution is 2.26. The molecule has 1 heterocycles. The summed E-state index contributed by atoms with van der Waals surface area (Å²) in [5.41, 5.74) is 1.43. The summed E-state index contributed by atoms with van der Waals surface area (Å²) in [5, 5.41) is 11.1. The quantitative estimate of drug-likeness (QED) is 0.859. The van der Waals surface area contributed by atoms with Crippen molar-refractivity contribution in [2.45, 2.75) is 20.4 Å². The van der Waals surface area contributed by atoms with Crippen molar-refractivity contribution in [2.24, 2.45) is 5.92 Å². The monoisotopic (exact) mass is 316 g/mol. The fourth-order valence-electron chi connectivity index (χ4n) is 1.75. The van der Waals surface area contributed by atoms with Gasteiger partial charge in [-0.1, -0.05) is 42.3 Å². The van der Waals surface area contributed by atoms with Crippen molar-refractivity contribution in [1.82, 2.24) is 20.3 Å². The Hall–Kier alpha value is -1.17. The van der Waals surface area contributed by atoms with Crippen LogP contribution in [0.5, 0.6) is 0 Å². The van der Waals surface area contributed by atoms with E-state index in [0.717, 1.165) is 12.2 Å². The number of nitrogens with zero attached hydrogens (tertiary/aromatic N) is 3. The molecule has 4 nitrogen and oxygen atoms in total. The van der Waals surface area contributed by atoms with Gasteiger partial charge in [0.15, 0.2) is 5.82 Å². The Kier molecular flexibility index (Phi) is 4.96. The van der Waals surface area contributed by atoms with Gasteiger partial charge >= 0.3 is 0 Å². The molecule has 0 radical (unpaired) electrons. The highest BCUT2D eigenvalue weighted by Gasteiger charge is 2.12. The highest BCUT2D eigenvalue weighted by atomic mass is 35.5. The zero-order chi connectivity index (χ0) is 14.7. The molecular formula is C13H15Cl2FN4. The van der Waals surface area contributed by atoms with Crippen molar-refractivity contribution in [3.8, 4) is 5.69 Å². The molecule has 0 fully saturated rings. The average molecular weight is 317 g/mol. The lowest BCUT2D eigenvalue weighted by Crippen LogP contribution is -2.20. The van der Waals surface area contributed by atoms with Gasteiger partial charge in [-0.2, -0.15) is 0 Å². The third-order valence-corrected chi connectivity index (χ3v) is 3.24. The number of halogens is 3. The van der Waals surface area contributed by atoms with Crippen LogP contribution >= 0.6 is 23.2 Å². The summed E-state index contributed by atoms with van der Waals surface area (Å²) in [5.74, 6) is -0.0780. The second-order valence-corrected chi connectivity index (χ2v) is 5.70. The Balaban J connectivity index is 2.23. The van der Waals surface area contributed by atoms with E-state index in [1.165, 1.54) is 12.1 Å². The van der Waals surface area contributed by atoms with Crippen LogP contribution < -0.4 is 5.32 Å². The Morgan fingerprint density at radius 1 is 1.30 bits per heavy atom. The highest BCUT2D eigenvalue weighted by molar-refractivity contribution is 6.35. The standard InChI is InChI=1S/C13H15Cl2FN4/c1-8(2)5-17-6-10-7-18-19-20(10)9-3-11(14)13(16)12(15)4-9/h3-4,7-8,17H,5-6H2,1-2H3. The maximum atomic E-state index is 13.4. The summed E-state index contributed by atoms with van der Waals surface area (Å²) in [6.45, 7) is 5.75. The maximum absolute atomic E-state index is 13.4. The molecule has 1 N–H and O–H groups in total. The number of hydrogen-bond donors (Lipinski definition) is 1. The molecule has 0 unspecified atom stereocenters. The number of aromatic nitrogens is 3. The molecule has 1 aromatic carbocycles. The first-order valence-corrected chi connectivity index (χ1v) is 7.00. The smallest absolute Gasteiger partial charge is 0.160 e. The predicted octanol–water partition coefficient (Wildman–Crippen LogP) is 3.46. The molecule has 0 spiro atoms. The van der Waals surface area contributed by atoms with E-state index in [9.17, 15) is 4.39 Å². The van der Waals surface area contributed by atoms with Gasteiger partial charge in [0.05, 0.1) is 27.6 Å². The van der Waals surface area contributed by atoms with Crippen molar-refractivity contribution < 1.29 is 4.39 Å². The minimum Gasteiger partial charge on any atom is -0.311 e. The molecule has 7 heteroatoms. The van der Waals surface area contributed by atoms with Crippen molar-refractivity contribution in [1.29, 1.82) is 0 Å².